The van der Waals surface area contributed by atoms with Crippen LogP contribution in [0.15, 0.2) is 40.1 Å². The Morgan fingerprint density at radius 3 is 2.81 bits per heavy atom. The van der Waals surface area contributed by atoms with E-state index in [1.807, 2.05) is 37.6 Å². The molecule has 2 aromatic rings. The van der Waals surface area contributed by atoms with E-state index in [-0.39, 0.29) is 0 Å². The van der Waals surface area contributed by atoms with Crippen LogP contribution in [0.2, 0.25) is 0 Å². The molecular formula is C12H14N2OS. The van der Waals surface area contributed by atoms with Crippen LogP contribution in [-0.4, -0.2) is 11.2 Å². The van der Waals surface area contributed by atoms with E-state index in [0.29, 0.717) is 6.54 Å². The van der Waals surface area contributed by atoms with Crippen molar-refractivity contribution < 1.29 is 4.42 Å². The summed E-state index contributed by atoms with van der Waals surface area (Å²) < 4.78 is 5.34. The lowest BCUT2D eigenvalue weighted by molar-refractivity contribution is 0.515. The minimum atomic E-state index is 0.694. The highest BCUT2D eigenvalue weighted by Gasteiger charge is 2.01. The van der Waals surface area contributed by atoms with Gasteiger partial charge in [0.05, 0.1) is 29.7 Å². The van der Waals surface area contributed by atoms with Crippen molar-refractivity contribution in [1.82, 2.24) is 4.98 Å². The fourth-order valence-electron chi connectivity index (χ4n) is 1.37. The number of pyridine rings is 1. The second kappa shape index (κ2) is 5.07. The predicted octanol–water partition coefficient (Wildman–Crippen LogP) is 3.32. The first-order valence-corrected chi connectivity index (χ1v) is 6.29. The standard InChI is InChI=1S/C12H14N2OS/c1-9-5-6-15-11(9)8-13-10-3-4-12(16-2)14-7-10/h3-7,13H,8H2,1-2H3. The van der Waals surface area contributed by atoms with Gasteiger partial charge >= 0.3 is 0 Å². The molecule has 1 N–H and O–H groups in total. The van der Waals surface area contributed by atoms with Gasteiger partial charge in [0.25, 0.3) is 0 Å². The molecule has 0 radical (unpaired) electrons. The van der Waals surface area contributed by atoms with Crippen molar-refractivity contribution in [3.63, 3.8) is 0 Å². The van der Waals surface area contributed by atoms with Gasteiger partial charge in [0.1, 0.15) is 5.76 Å². The quantitative estimate of drug-likeness (QED) is 0.824. The molecule has 84 valence electrons. The zero-order valence-corrected chi connectivity index (χ0v) is 10.2. The van der Waals surface area contributed by atoms with E-state index < -0.39 is 0 Å². The Morgan fingerprint density at radius 2 is 2.25 bits per heavy atom. The van der Waals surface area contributed by atoms with Crippen molar-refractivity contribution in [2.75, 3.05) is 11.6 Å². The molecule has 4 heteroatoms. The average molecular weight is 234 g/mol. The monoisotopic (exact) mass is 234 g/mol. The van der Waals surface area contributed by atoms with Gasteiger partial charge in [0, 0.05) is 0 Å². The molecule has 0 saturated heterocycles. The van der Waals surface area contributed by atoms with E-state index in [1.165, 1.54) is 5.56 Å². The summed E-state index contributed by atoms with van der Waals surface area (Å²) in [5.41, 5.74) is 2.18. The summed E-state index contributed by atoms with van der Waals surface area (Å²) in [6.45, 7) is 2.73. The molecule has 0 unspecified atom stereocenters. The van der Waals surface area contributed by atoms with Gasteiger partial charge in [-0.3, -0.25) is 0 Å². The first-order chi connectivity index (χ1) is 7.79. The Bertz CT molecular complexity index is 450. The second-order valence-corrected chi connectivity index (χ2v) is 4.30. The van der Waals surface area contributed by atoms with E-state index in [4.69, 9.17) is 4.42 Å². The Balaban J connectivity index is 1.97. The van der Waals surface area contributed by atoms with E-state index in [0.717, 1.165) is 16.5 Å². The molecule has 3 nitrogen and oxygen atoms in total. The number of nitrogens with zero attached hydrogens (tertiary/aromatic N) is 1. The summed E-state index contributed by atoms with van der Waals surface area (Å²) >= 11 is 1.64. The van der Waals surface area contributed by atoms with E-state index >= 15 is 0 Å². The van der Waals surface area contributed by atoms with Gasteiger partial charge in [-0.1, -0.05) is 0 Å². The minimum absolute atomic E-state index is 0.694. The van der Waals surface area contributed by atoms with E-state index in [9.17, 15) is 0 Å². The number of aromatic nitrogens is 1. The van der Waals surface area contributed by atoms with Crippen LogP contribution in [0.5, 0.6) is 0 Å². The first kappa shape index (κ1) is 11.1. The predicted molar refractivity (Wildman–Crippen MR) is 66.8 cm³/mol. The Morgan fingerprint density at radius 1 is 1.38 bits per heavy atom. The highest BCUT2D eigenvalue weighted by molar-refractivity contribution is 7.98. The lowest BCUT2D eigenvalue weighted by Crippen LogP contribution is -1.99. The molecule has 0 spiro atoms. The Labute approximate surface area is 99.3 Å². The summed E-state index contributed by atoms with van der Waals surface area (Å²) in [7, 11) is 0. The van der Waals surface area contributed by atoms with Crippen molar-refractivity contribution >= 4 is 17.4 Å². The maximum Gasteiger partial charge on any atom is 0.125 e. The number of aryl methyl sites for hydroxylation is 1. The van der Waals surface area contributed by atoms with Crippen LogP contribution >= 0.6 is 11.8 Å². The first-order valence-electron chi connectivity index (χ1n) is 5.06. The molecule has 0 atom stereocenters. The highest BCUT2D eigenvalue weighted by Crippen LogP contribution is 2.15. The molecular weight excluding hydrogens is 220 g/mol. The largest absolute Gasteiger partial charge is 0.467 e. The van der Waals surface area contributed by atoms with Gasteiger partial charge in [-0.2, -0.15) is 0 Å². The molecule has 0 saturated carbocycles. The Kier molecular flexibility index (Phi) is 3.51. The molecule has 0 fully saturated rings. The normalized spacial score (nSPS) is 10.4. The van der Waals surface area contributed by atoms with Crippen molar-refractivity contribution in [1.29, 1.82) is 0 Å². The lowest BCUT2D eigenvalue weighted by Gasteiger charge is -2.05. The van der Waals surface area contributed by atoms with Gasteiger partial charge in [0.2, 0.25) is 0 Å². The average Bonchev–Trinajstić information content (AvgIpc) is 2.73. The van der Waals surface area contributed by atoms with Crippen molar-refractivity contribution in [3.05, 3.63) is 42.0 Å². The molecule has 0 bridgehead atoms. The molecule has 0 aromatic carbocycles. The van der Waals surface area contributed by atoms with Crippen molar-refractivity contribution in [3.8, 4) is 0 Å². The summed E-state index contributed by atoms with van der Waals surface area (Å²) in [6, 6.07) is 5.99. The molecule has 0 aliphatic heterocycles. The van der Waals surface area contributed by atoms with Gasteiger partial charge < -0.3 is 9.73 Å². The van der Waals surface area contributed by atoms with Crippen LogP contribution < -0.4 is 5.32 Å². The third-order valence-corrected chi connectivity index (χ3v) is 3.03. The zero-order chi connectivity index (χ0) is 11.4. The topological polar surface area (TPSA) is 38.1 Å². The fourth-order valence-corrected chi connectivity index (χ4v) is 1.74. The maximum absolute atomic E-state index is 5.34. The number of hydrogen-bond donors (Lipinski definition) is 1. The van der Waals surface area contributed by atoms with Crippen molar-refractivity contribution in [2.45, 2.75) is 18.5 Å². The lowest BCUT2D eigenvalue weighted by atomic mass is 10.3. The van der Waals surface area contributed by atoms with Crippen molar-refractivity contribution in [2.24, 2.45) is 0 Å². The number of nitrogens with one attached hydrogen (secondary N) is 1. The molecule has 2 heterocycles. The summed E-state index contributed by atoms with van der Waals surface area (Å²) in [5.74, 6) is 0.967. The van der Waals surface area contributed by atoms with E-state index in [2.05, 4.69) is 10.3 Å². The number of anilines is 1. The van der Waals surface area contributed by atoms with Gasteiger partial charge in [0.15, 0.2) is 0 Å². The summed E-state index contributed by atoms with van der Waals surface area (Å²) in [4.78, 5) is 4.29. The number of hydrogen-bond acceptors (Lipinski definition) is 4. The molecule has 0 aliphatic carbocycles. The van der Waals surface area contributed by atoms with Crippen LogP contribution in [0.4, 0.5) is 5.69 Å². The van der Waals surface area contributed by atoms with Gasteiger partial charge in [-0.15, -0.1) is 11.8 Å². The molecule has 2 rings (SSSR count). The smallest absolute Gasteiger partial charge is 0.125 e. The van der Waals surface area contributed by atoms with Gasteiger partial charge in [-0.25, -0.2) is 4.98 Å². The van der Waals surface area contributed by atoms with Crippen LogP contribution in [-0.2, 0) is 6.54 Å². The van der Waals surface area contributed by atoms with Gasteiger partial charge in [-0.05, 0) is 36.9 Å². The second-order valence-electron chi connectivity index (χ2n) is 3.47. The van der Waals surface area contributed by atoms with E-state index in [1.54, 1.807) is 18.0 Å². The maximum atomic E-state index is 5.34. The summed E-state index contributed by atoms with van der Waals surface area (Å²) in [6.07, 6.45) is 5.56. The molecule has 16 heavy (non-hydrogen) atoms. The molecule has 0 amide bonds. The zero-order valence-electron chi connectivity index (χ0n) is 9.36. The van der Waals surface area contributed by atoms with Crippen LogP contribution in [0.1, 0.15) is 11.3 Å². The van der Waals surface area contributed by atoms with Crippen LogP contribution in [0, 0.1) is 6.92 Å². The molecule has 0 aliphatic rings. The molecule has 2 aromatic heterocycles. The van der Waals surface area contributed by atoms with Crippen LogP contribution in [0.25, 0.3) is 0 Å². The Hall–Kier alpha value is -1.42. The minimum Gasteiger partial charge on any atom is -0.467 e. The highest BCUT2D eigenvalue weighted by atomic mass is 32.2. The SMILES string of the molecule is CSc1ccc(NCc2occc2C)cn1. The summed E-state index contributed by atoms with van der Waals surface area (Å²) in [5, 5.41) is 4.30. The van der Waals surface area contributed by atoms with Crippen LogP contribution in [0.3, 0.4) is 0 Å². The number of furan rings is 1. The third-order valence-electron chi connectivity index (χ3n) is 2.37. The fraction of sp³-hybridized carbons (Fsp3) is 0.250. The number of thioether (sulfide) groups is 1. The third kappa shape index (κ3) is 2.58. The number of rotatable bonds is 4.